The Hall–Kier alpha value is -1.29. The molecule has 1 amide bonds. The second-order valence-corrected chi connectivity index (χ2v) is 5.13. The topological polar surface area (TPSA) is 54.0 Å². The van der Waals surface area contributed by atoms with Gasteiger partial charge in [-0.25, -0.2) is 4.98 Å². The van der Waals surface area contributed by atoms with Crippen LogP contribution in [0.3, 0.4) is 0 Å². The van der Waals surface area contributed by atoms with Crippen molar-refractivity contribution < 1.29 is 4.79 Å². The molecule has 2 unspecified atom stereocenters. The average molecular weight is 284 g/mol. The van der Waals surface area contributed by atoms with Gasteiger partial charge in [0.15, 0.2) is 0 Å². The molecule has 0 aliphatic rings. The quantitative estimate of drug-likeness (QED) is 0.842. The fourth-order valence-electron chi connectivity index (χ4n) is 1.67. The molecule has 0 bridgehead atoms. The van der Waals surface area contributed by atoms with Crippen LogP contribution in [0.4, 0.5) is 5.82 Å². The van der Waals surface area contributed by atoms with Crippen LogP contribution in [-0.4, -0.2) is 23.5 Å². The van der Waals surface area contributed by atoms with Gasteiger partial charge >= 0.3 is 0 Å². The zero-order valence-corrected chi connectivity index (χ0v) is 12.7. The lowest BCUT2D eigenvalue weighted by atomic mass is 10.0. The summed E-state index contributed by atoms with van der Waals surface area (Å²) in [4.78, 5) is 16.3. The molecule has 0 aromatic carbocycles. The van der Waals surface area contributed by atoms with Crippen molar-refractivity contribution >= 4 is 23.3 Å². The van der Waals surface area contributed by atoms with Crippen molar-refractivity contribution in [1.82, 2.24) is 10.3 Å². The zero-order chi connectivity index (χ0) is 14.4. The maximum Gasteiger partial charge on any atom is 0.253 e. The molecule has 1 aromatic heterocycles. The Bertz CT molecular complexity index is 437. The number of halogens is 1. The highest BCUT2D eigenvalue weighted by molar-refractivity contribution is 6.33. The van der Waals surface area contributed by atoms with Crippen molar-refractivity contribution in [3.05, 3.63) is 22.8 Å². The standard InChI is InChI=1S/C14H22ClN3O/c1-5-9(3)10(4)18-14(19)11-7-13(16-6-2)17-8-12(11)15/h7-10H,5-6H2,1-4H3,(H,16,17)(H,18,19). The van der Waals surface area contributed by atoms with E-state index in [0.29, 0.717) is 22.3 Å². The number of rotatable bonds is 6. The van der Waals surface area contributed by atoms with Gasteiger partial charge < -0.3 is 10.6 Å². The minimum atomic E-state index is -0.153. The summed E-state index contributed by atoms with van der Waals surface area (Å²) in [5, 5.41) is 6.42. The third-order valence-corrected chi connectivity index (χ3v) is 3.62. The van der Waals surface area contributed by atoms with Gasteiger partial charge in [-0.2, -0.15) is 0 Å². The highest BCUT2D eigenvalue weighted by Crippen LogP contribution is 2.18. The fourth-order valence-corrected chi connectivity index (χ4v) is 1.86. The summed E-state index contributed by atoms with van der Waals surface area (Å²) in [5.41, 5.74) is 0.461. The second-order valence-electron chi connectivity index (χ2n) is 4.73. The Morgan fingerprint density at radius 3 is 2.68 bits per heavy atom. The van der Waals surface area contributed by atoms with E-state index in [2.05, 4.69) is 29.5 Å². The number of pyridine rings is 1. The van der Waals surface area contributed by atoms with Gasteiger partial charge in [-0.05, 0) is 25.8 Å². The lowest BCUT2D eigenvalue weighted by molar-refractivity contribution is 0.0928. The minimum Gasteiger partial charge on any atom is -0.370 e. The maximum atomic E-state index is 12.2. The van der Waals surface area contributed by atoms with E-state index in [1.165, 1.54) is 6.20 Å². The summed E-state index contributed by atoms with van der Waals surface area (Å²) in [5.74, 6) is 0.936. The van der Waals surface area contributed by atoms with E-state index in [4.69, 9.17) is 11.6 Å². The van der Waals surface area contributed by atoms with Gasteiger partial charge in [-0.1, -0.05) is 31.9 Å². The fraction of sp³-hybridized carbons (Fsp3) is 0.571. The predicted molar refractivity (Wildman–Crippen MR) is 79.8 cm³/mol. The van der Waals surface area contributed by atoms with Crippen LogP contribution in [0.15, 0.2) is 12.3 Å². The number of anilines is 1. The Labute approximate surface area is 120 Å². The van der Waals surface area contributed by atoms with Crippen LogP contribution in [0.2, 0.25) is 5.02 Å². The largest absolute Gasteiger partial charge is 0.370 e. The van der Waals surface area contributed by atoms with Crippen LogP contribution in [0.5, 0.6) is 0 Å². The van der Waals surface area contributed by atoms with Crippen LogP contribution in [-0.2, 0) is 0 Å². The first-order valence-corrected chi connectivity index (χ1v) is 7.07. The summed E-state index contributed by atoms with van der Waals surface area (Å²) in [6.45, 7) is 8.95. The number of hydrogen-bond donors (Lipinski definition) is 2. The molecule has 2 N–H and O–H groups in total. The molecule has 2 atom stereocenters. The summed E-state index contributed by atoms with van der Waals surface area (Å²) in [7, 11) is 0. The number of aromatic nitrogens is 1. The van der Waals surface area contributed by atoms with E-state index in [1.54, 1.807) is 6.07 Å². The van der Waals surface area contributed by atoms with E-state index in [1.807, 2.05) is 13.8 Å². The number of hydrogen-bond acceptors (Lipinski definition) is 3. The Morgan fingerprint density at radius 2 is 2.11 bits per heavy atom. The van der Waals surface area contributed by atoms with Gasteiger partial charge in [-0.3, -0.25) is 4.79 Å². The molecular formula is C14H22ClN3O. The lowest BCUT2D eigenvalue weighted by Gasteiger charge is -2.20. The molecule has 0 saturated heterocycles. The van der Waals surface area contributed by atoms with Gasteiger partial charge in [0, 0.05) is 18.8 Å². The molecule has 0 fully saturated rings. The van der Waals surface area contributed by atoms with Crippen molar-refractivity contribution in [2.45, 2.75) is 40.2 Å². The molecule has 0 aliphatic heterocycles. The molecule has 1 heterocycles. The molecule has 0 spiro atoms. The van der Waals surface area contributed by atoms with Gasteiger partial charge in [0.25, 0.3) is 5.91 Å². The Balaban J connectivity index is 2.83. The smallest absolute Gasteiger partial charge is 0.253 e. The summed E-state index contributed by atoms with van der Waals surface area (Å²) in [6, 6.07) is 1.80. The third kappa shape index (κ3) is 4.39. The summed E-state index contributed by atoms with van der Waals surface area (Å²) >= 11 is 6.04. The van der Waals surface area contributed by atoms with Crippen LogP contribution < -0.4 is 10.6 Å². The molecular weight excluding hydrogens is 262 g/mol. The third-order valence-electron chi connectivity index (χ3n) is 3.31. The van der Waals surface area contributed by atoms with E-state index >= 15 is 0 Å². The number of amides is 1. The molecule has 0 saturated carbocycles. The second kappa shape index (κ2) is 7.34. The number of nitrogens with one attached hydrogen (secondary N) is 2. The normalized spacial score (nSPS) is 13.7. The molecule has 19 heavy (non-hydrogen) atoms. The van der Waals surface area contributed by atoms with Gasteiger partial charge in [0.2, 0.25) is 0 Å². The Kier molecular flexibility index (Phi) is 6.09. The number of carbonyl (C=O) groups excluding carboxylic acids is 1. The molecule has 4 nitrogen and oxygen atoms in total. The SMILES string of the molecule is CCNc1cc(C(=O)NC(C)C(C)CC)c(Cl)cn1. The average Bonchev–Trinajstić information content (AvgIpc) is 2.40. The highest BCUT2D eigenvalue weighted by Gasteiger charge is 2.17. The van der Waals surface area contributed by atoms with Crippen LogP contribution >= 0.6 is 11.6 Å². The number of nitrogens with zero attached hydrogens (tertiary/aromatic N) is 1. The molecule has 5 heteroatoms. The lowest BCUT2D eigenvalue weighted by Crippen LogP contribution is -2.37. The highest BCUT2D eigenvalue weighted by atomic mass is 35.5. The van der Waals surface area contributed by atoms with Gasteiger partial charge in [-0.15, -0.1) is 0 Å². The van der Waals surface area contributed by atoms with Crippen molar-refractivity contribution in [2.24, 2.45) is 5.92 Å². The van der Waals surface area contributed by atoms with Crippen LogP contribution in [0.25, 0.3) is 0 Å². The minimum absolute atomic E-state index is 0.115. The molecule has 1 aromatic rings. The number of carbonyl (C=O) groups is 1. The first kappa shape index (κ1) is 15.8. The van der Waals surface area contributed by atoms with Gasteiger partial charge in [0.05, 0.1) is 10.6 Å². The first-order chi connectivity index (χ1) is 8.99. The van der Waals surface area contributed by atoms with E-state index < -0.39 is 0 Å². The summed E-state index contributed by atoms with van der Waals surface area (Å²) < 4.78 is 0. The summed E-state index contributed by atoms with van der Waals surface area (Å²) in [6.07, 6.45) is 2.52. The maximum absolute atomic E-state index is 12.2. The Morgan fingerprint density at radius 1 is 1.42 bits per heavy atom. The van der Waals surface area contributed by atoms with Crippen molar-refractivity contribution in [1.29, 1.82) is 0 Å². The molecule has 0 aliphatic carbocycles. The first-order valence-electron chi connectivity index (χ1n) is 6.69. The van der Waals surface area contributed by atoms with Crippen LogP contribution in [0.1, 0.15) is 44.5 Å². The van der Waals surface area contributed by atoms with Crippen molar-refractivity contribution in [3.8, 4) is 0 Å². The van der Waals surface area contributed by atoms with Crippen molar-refractivity contribution in [3.63, 3.8) is 0 Å². The van der Waals surface area contributed by atoms with E-state index in [0.717, 1.165) is 13.0 Å². The molecule has 106 valence electrons. The van der Waals surface area contributed by atoms with E-state index in [-0.39, 0.29) is 11.9 Å². The van der Waals surface area contributed by atoms with Crippen LogP contribution in [0, 0.1) is 5.92 Å². The molecule has 0 radical (unpaired) electrons. The zero-order valence-electron chi connectivity index (χ0n) is 12.0. The monoisotopic (exact) mass is 283 g/mol. The van der Waals surface area contributed by atoms with E-state index in [9.17, 15) is 4.79 Å². The molecule has 1 rings (SSSR count). The van der Waals surface area contributed by atoms with Crippen molar-refractivity contribution in [2.75, 3.05) is 11.9 Å². The predicted octanol–water partition coefficient (Wildman–Crippen LogP) is 3.33. The van der Waals surface area contributed by atoms with Gasteiger partial charge in [0.1, 0.15) is 5.82 Å².